The number of benzene rings is 1. The molecule has 1 heterocycles. The summed E-state index contributed by atoms with van der Waals surface area (Å²) in [5, 5.41) is 11.5. The molecule has 3 nitrogen and oxygen atoms in total. The number of halogens is 1. The lowest BCUT2D eigenvalue weighted by molar-refractivity contribution is 0.103. The van der Waals surface area contributed by atoms with Crippen molar-refractivity contribution in [2.45, 2.75) is 13.3 Å². The van der Waals surface area contributed by atoms with Gasteiger partial charge in [-0.15, -0.1) is 11.3 Å². The lowest BCUT2D eigenvalue weighted by atomic mass is 10.3. The molecular weight excluding hydrogens is 253 g/mol. The van der Waals surface area contributed by atoms with Gasteiger partial charge in [-0.1, -0.05) is 6.92 Å². The molecule has 0 unspecified atom stereocenters. The molecule has 5 heteroatoms. The zero-order valence-electron chi connectivity index (χ0n) is 9.74. The fourth-order valence-corrected chi connectivity index (χ4v) is 2.32. The Morgan fingerprint density at radius 1 is 1.39 bits per heavy atom. The van der Waals surface area contributed by atoms with E-state index in [-0.39, 0.29) is 17.3 Å². The molecule has 1 aromatic heterocycles. The molecule has 2 aromatic rings. The van der Waals surface area contributed by atoms with E-state index >= 15 is 0 Å². The zero-order chi connectivity index (χ0) is 13.1. The number of hydrogen-bond acceptors (Lipinski definition) is 3. The van der Waals surface area contributed by atoms with Gasteiger partial charge in [-0.3, -0.25) is 4.79 Å². The number of carbonyl (C=O) groups is 1. The van der Waals surface area contributed by atoms with Crippen LogP contribution in [0.25, 0.3) is 0 Å². The van der Waals surface area contributed by atoms with Crippen LogP contribution in [0.2, 0.25) is 0 Å². The summed E-state index contributed by atoms with van der Waals surface area (Å²) in [6.07, 6.45) is 0.867. The van der Waals surface area contributed by atoms with Crippen LogP contribution < -0.4 is 5.32 Å². The van der Waals surface area contributed by atoms with Crippen LogP contribution in [0.15, 0.2) is 30.3 Å². The highest BCUT2D eigenvalue weighted by Crippen LogP contribution is 2.22. The number of aromatic hydroxyl groups is 1. The van der Waals surface area contributed by atoms with Gasteiger partial charge in [-0.2, -0.15) is 0 Å². The Bertz CT molecular complexity index is 580. The molecule has 0 aliphatic rings. The number of thiophene rings is 1. The highest BCUT2D eigenvalue weighted by atomic mass is 32.1. The Hall–Kier alpha value is -1.88. The van der Waals surface area contributed by atoms with Crippen molar-refractivity contribution >= 4 is 22.9 Å². The van der Waals surface area contributed by atoms with Crippen LogP contribution in [0.5, 0.6) is 5.75 Å². The lowest BCUT2D eigenvalue weighted by Gasteiger charge is -2.05. The Morgan fingerprint density at radius 3 is 2.78 bits per heavy atom. The van der Waals surface area contributed by atoms with Crippen LogP contribution in [0.3, 0.4) is 0 Å². The number of carbonyl (C=O) groups excluding carboxylic acids is 1. The second-order valence-corrected chi connectivity index (χ2v) is 4.91. The number of aryl methyl sites for hydroxylation is 1. The fraction of sp³-hybridized carbons (Fsp3) is 0.154. The molecule has 18 heavy (non-hydrogen) atoms. The van der Waals surface area contributed by atoms with Crippen molar-refractivity contribution in [2.24, 2.45) is 0 Å². The Kier molecular flexibility index (Phi) is 3.62. The molecule has 0 bridgehead atoms. The maximum atomic E-state index is 13.4. The van der Waals surface area contributed by atoms with Crippen molar-refractivity contribution < 1.29 is 14.3 Å². The van der Waals surface area contributed by atoms with Gasteiger partial charge in [-0.25, -0.2) is 4.39 Å². The minimum atomic E-state index is -0.657. The monoisotopic (exact) mass is 265 g/mol. The smallest absolute Gasteiger partial charge is 0.265 e. The third-order valence-corrected chi connectivity index (χ3v) is 3.66. The summed E-state index contributed by atoms with van der Waals surface area (Å²) >= 11 is 1.39. The zero-order valence-corrected chi connectivity index (χ0v) is 10.6. The topological polar surface area (TPSA) is 49.3 Å². The predicted octanol–water partition coefficient (Wildman–Crippen LogP) is 3.41. The largest absolute Gasteiger partial charge is 0.508 e. The maximum absolute atomic E-state index is 13.4. The summed E-state index contributed by atoms with van der Waals surface area (Å²) in [7, 11) is 0. The van der Waals surface area contributed by atoms with Crippen LogP contribution >= 0.6 is 11.3 Å². The summed E-state index contributed by atoms with van der Waals surface area (Å²) in [5.41, 5.74) is 0.0595. The number of nitrogens with one attached hydrogen (secondary N) is 1. The van der Waals surface area contributed by atoms with Gasteiger partial charge in [0.15, 0.2) is 0 Å². The average Bonchev–Trinajstić information content (AvgIpc) is 2.81. The molecule has 94 valence electrons. The molecule has 0 aliphatic heterocycles. The molecule has 0 saturated carbocycles. The Morgan fingerprint density at radius 2 is 2.17 bits per heavy atom. The van der Waals surface area contributed by atoms with E-state index in [4.69, 9.17) is 5.11 Å². The van der Waals surface area contributed by atoms with E-state index in [0.29, 0.717) is 4.88 Å². The molecule has 0 spiro atoms. The molecule has 0 fully saturated rings. The van der Waals surface area contributed by atoms with Gasteiger partial charge >= 0.3 is 0 Å². The van der Waals surface area contributed by atoms with Gasteiger partial charge in [0.25, 0.3) is 5.91 Å². The van der Waals surface area contributed by atoms with Crippen LogP contribution in [0, 0.1) is 5.82 Å². The Balaban J connectivity index is 2.16. The van der Waals surface area contributed by atoms with Gasteiger partial charge < -0.3 is 10.4 Å². The molecule has 1 amide bonds. The summed E-state index contributed by atoms with van der Waals surface area (Å²) in [6.45, 7) is 2.01. The van der Waals surface area contributed by atoms with E-state index in [1.54, 1.807) is 6.07 Å². The summed E-state index contributed by atoms with van der Waals surface area (Å²) in [6, 6.07) is 7.22. The third-order valence-electron chi connectivity index (χ3n) is 2.43. The van der Waals surface area contributed by atoms with Crippen molar-refractivity contribution in [1.82, 2.24) is 0 Å². The third kappa shape index (κ3) is 2.68. The van der Waals surface area contributed by atoms with E-state index in [1.807, 2.05) is 13.0 Å². The van der Waals surface area contributed by atoms with Crippen molar-refractivity contribution in [2.75, 3.05) is 5.32 Å². The van der Waals surface area contributed by atoms with Crippen LogP contribution in [-0.4, -0.2) is 11.0 Å². The normalized spacial score (nSPS) is 10.3. The number of amides is 1. The molecule has 0 radical (unpaired) electrons. The number of anilines is 1. The van der Waals surface area contributed by atoms with Gasteiger partial charge in [-0.05, 0) is 30.7 Å². The van der Waals surface area contributed by atoms with Gasteiger partial charge in [0, 0.05) is 10.9 Å². The molecule has 0 atom stereocenters. The second-order valence-electron chi connectivity index (χ2n) is 3.74. The first-order valence-electron chi connectivity index (χ1n) is 5.48. The molecule has 0 saturated heterocycles. The first kappa shape index (κ1) is 12.6. The average molecular weight is 265 g/mol. The SMILES string of the molecule is CCc1ccc(C(=O)Nc2ccc(O)cc2F)s1. The minimum Gasteiger partial charge on any atom is -0.508 e. The van der Waals surface area contributed by atoms with E-state index in [1.165, 1.54) is 23.5 Å². The van der Waals surface area contributed by atoms with Gasteiger partial charge in [0.05, 0.1) is 10.6 Å². The van der Waals surface area contributed by atoms with Crippen LogP contribution in [0.1, 0.15) is 21.5 Å². The van der Waals surface area contributed by atoms with Crippen LogP contribution in [-0.2, 0) is 6.42 Å². The molecular formula is C13H12FNO2S. The molecule has 2 N–H and O–H groups in total. The quantitative estimate of drug-likeness (QED) is 0.835. The predicted molar refractivity (Wildman–Crippen MR) is 69.7 cm³/mol. The van der Waals surface area contributed by atoms with Crippen molar-refractivity contribution in [3.8, 4) is 5.75 Å². The highest BCUT2D eigenvalue weighted by Gasteiger charge is 2.11. The number of phenols is 1. The number of rotatable bonds is 3. The Labute approximate surface area is 108 Å². The van der Waals surface area contributed by atoms with Crippen LogP contribution in [0.4, 0.5) is 10.1 Å². The van der Waals surface area contributed by atoms with Crippen molar-refractivity contribution in [3.63, 3.8) is 0 Å². The second kappa shape index (κ2) is 5.18. The first-order chi connectivity index (χ1) is 8.60. The molecule has 2 rings (SSSR count). The summed E-state index contributed by atoms with van der Waals surface area (Å²) in [4.78, 5) is 13.5. The van der Waals surface area contributed by atoms with Gasteiger partial charge in [0.2, 0.25) is 0 Å². The van der Waals surface area contributed by atoms with E-state index in [2.05, 4.69) is 5.32 Å². The highest BCUT2D eigenvalue weighted by molar-refractivity contribution is 7.14. The molecule has 1 aromatic carbocycles. The van der Waals surface area contributed by atoms with Crippen molar-refractivity contribution in [3.05, 3.63) is 45.9 Å². The fourth-order valence-electron chi connectivity index (χ4n) is 1.48. The summed E-state index contributed by atoms with van der Waals surface area (Å²) in [5.74, 6) is -1.17. The van der Waals surface area contributed by atoms with E-state index in [0.717, 1.165) is 17.4 Å². The summed E-state index contributed by atoms with van der Waals surface area (Å²) < 4.78 is 13.4. The number of phenolic OH excluding ortho intramolecular Hbond substituents is 1. The number of hydrogen-bond donors (Lipinski definition) is 2. The van der Waals surface area contributed by atoms with E-state index < -0.39 is 5.82 Å². The van der Waals surface area contributed by atoms with E-state index in [9.17, 15) is 9.18 Å². The standard InChI is InChI=1S/C13H12FNO2S/c1-2-9-4-6-12(18-9)13(17)15-11-5-3-8(16)7-10(11)14/h3-7,16H,2H2,1H3,(H,15,17). The first-order valence-corrected chi connectivity index (χ1v) is 6.30. The maximum Gasteiger partial charge on any atom is 0.265 e. The molecule has 0 aliphatic carbocycles. The van der Waals surface area contributed by atoms with Crippen molar-refractivity contribution in [1.29, 1.82) is 0 Å². The van der Waals surface area contributed by atoms with Gasteiger partial charge in [0.1, 0.15) is 11.6 Å². The lowest BCUT2D eigenvalue weighted by Crippen LogP contribution is -2.11. The minimum absolute atomic E-state index is 0.0595.